The average Bonchev–Trinajstić information content (AvgIpc) is 2.96. The number of nitrogens with one attached hydrogen (secondary N) is 1. The standard InChI is InChI=1S/C16H10ClN5O3S/c17-26(24,25)13-8-6-11(7-9-13)19-20-15-14(10-18)21-22(16(15)23)12-4-2-1-3-5-12/h1-9,21H/b20-19+. The van der Waals surface area contributed by atoms with Crippen molar-refractivity contribution in [3.8, 4) is 11.8 Å². The summed E-state index contributed by atoms with van der Waals surface area (Å²) in [5.74, 6) is 0. The zero-order valence-electron chi connectivity index (χ0n) is 13.0. The molecule has 1 N–H and O–H groups in total. The minimum absolute atomic E-state index is 0.0393. The van der Waals surface area contributed by atoms with E-state index in [1.807, 2.05) is 6.07 Å². The number of aromatic amines is 1. The van der Waals surface area contributed by atoms with Gasteiger partial charge in [0, 0.05) is 10.7 Å². The lowest BCUT2D eigenvalue weighted by Gasteiger charge is -1.98. The second-order valence-corrected chi connectivity index (χ2v) is 7.62. The molecule has 0 bridgehead atoms. The fourth-order valence-electron chi connectivity index (χ4n) is 2.14. The molecule has 0 aliphatic heterocycles. The highest BCUT2D eigenvalue weighted by Crippen LogP contribution is 2.22. The van der Waals surface area contributed by atoms with Crippen LogP contribution in [0, 0.1) is 11.3 Å². The van der Waals surface area contributed by atoms with Gasteiger partial charge >= 0.3 is 0 Å². The van der Waals surface area contributed by atoms with E-state index in [0.29, 0.717) is 11.4 Å². The molecule has 3 rings (SSSR count). The summed E-state index contributed by atoms with van der Waals surface area (Å²) in [6.45, 7) is 0. The molecule has 0 radical (unpaired) electrons. The van der Waals surface area contributed by atoms with Gasteiger partial charge in [0.1, 0.15) is 6.07 Å². The molecule has 0 saturated heterocycles. The zero-order chi connectivity index (χ0) is 18.7. The molecule has 3 aromatic rings. The summed E-state index contributed by atoms with van der Waals surface area (Å²) in [6.07, 6.45) is 0. The third kappa shape index (κ3) is 3.56. The first-order chi connectivity index (χ1) is 12.4. The van der Waals surface area contributed by atoms with Crippen LogP contribution in [0.15, 0.2) is 74.5 Å². The van der Waals surface area contributed by atoms with Gasteiger partial charge in [-0.1, -0.05) is 18.2 Å². The molecule has 0 fully saturated rings. The monoisotopic (exact) mass is 387 g/mol. The van der Waals surface area contributed by atoms with E-state index >= 15 is 0 Å². The molecular formula is C16H10ClN5O3S. The number of hydrogen-bond acceptors (Lipinski definition) is 6. The Balaban J connectivity index is 1.98. The fraction of sp³-hybridized carbons (Fsp3) is 0. The maximum atomic E-state index is 12.5. The summed E-state index contributed by atoms with van der Waals surface area (Å²) >= 11 is 0. The molecule has 10 heteroatoms. The van der Waals surface area contributed by atoms with E-state index in [9.17, 15) is 18.5 Å². The highest BCUT2D eigenvalue weighted by molar-refractivity contribution is 8.13. The Hall–Kier alpha value is -3.22. The first-order valence-corrected chi connectivity index (χ1v) is 9.48. The molecule has 0 spiro atoms. The van der Waals surface area contributed by atoms with Crippen LogP contribution >= 0.6 is 10.7 Å². The molecule has 0 amide bonds. The third-order valence-corrected chi connectivity index (χ3v) is 4.75. The molecule has 8 nitrogen and oxygen atoms in total. The van der Waals surface area contributed by atoms with Crippen molar-refractivity contribution >= 4 is 31.1 Å². The van der Waals surface area contributed by atoms with Gasteiger partial charge in [0.2, 0.25) is 0 Å². The number of H-pyrrole nitrogens is 1. The number of benzene rings is 2. The largest absolute Gasteiger partial charge is 0.300 e. The van der Waals surface area contributed by atoms with Crippen molar-refractivity contribution in [3.63, 3.8) is 0 Å². The zero-order valence-corrected chi connectivity index (χ0v) is 14.6. The highest BCUT2D eigenvalue weighted by Gasteiger charge is 2.15. The van der Waals surface area contributed by atoms with Crippen molar-refractivity contribution < 1.29 is 8.42 Å². The maximum Gasteiger partial charge on any atom is 0.300 e. The minimum atomic E-state index is -3.83. The van der Waals surface area contributed by atoms with Gasteiger partial charge in [0.05, 0.1) is 16.3 Å². The predicted octanol–water partition coefficient (Wildman–Crippen LogP) is 3.38. The quantitative estimate of drug-likeness (QED) is 0.544. The minimum Gasteiger partial charge on any atom is -0.279 e. The van der Waals surface area contributed by atoms with E-state index in [1.54, 1.807) is 30.3 Å². The number of rotatable bonds is 4. The SMILES string of the molecule is N#Cc1[nH]n(-c2ccccc2)c(=O)c1/N=N/c1ccc(S(=O)(=O)Cl)cc1. The van der Waals surface area contributed by atoms with Gasteiger partial charge in [-0.2, -0.15) is 10.4 Å². The van der Waals surface area contributed by atoms with E-state index < -0.39 is 14.6 Å². The number of halogens is 1. The maximum absolute atomic E-state index is 12.5. The van der Waals surface area contributed by atoms with Crippen molar-refractivity contribution in [1.82, 2.24) is 9.78 Å². The smallest absolute Gasteiger partial charge is 0.279 e. The molecule has 1 heterocycles. The lowest BCUT2D eigenvalue weighted by molar-refractivity contribution is 0.609. The summed E-state index contributed by atoms with van der Waals surface area (Å²) in [5.41, 5.74) is 0.126. The fourth-order valence-corrected chi connectivity index (χ4v) is 2.91. The predicted molar refractivity (Wildman–Crippen MR) is 94.8 cm³/mol. The first-order valence-electron chi connectivity index (χ1n) is 7.17. The number of azo groups is 1. The lowest BCUT2D eigenvalue weighted by Crippen LogP contribution is -2.13. The van der Waals surface area contributed by atoms with E-state index in [0.717, 1.165) is 0 Å². The van der Waals surface area contributed by atoms with Crippen LogP contribution in [-0.2, 0) is 9.05 Å². The third-order valence-electron chi connectivity index (χ3n) is 3.38. The van der Waals surface area contributed by atoms with Crippen LogP contribution in [0.2, 0.25) is 0 Å². The van der Waals surface area contributed by atoms with Crippen molar-refractivity contribution in [2.75, 3.05) is 0 Å². The molecule has 130 valence electrons. The number of nitriles is 1. The van der Waals surface area contributed by atoms with Gasteiger partial charge in [-0.3, -0.25) is 9.89 Å². The number of para-hydroxylation sites is 1. The Morgan fingerprint density at radius 2 is 1.69 bits per heavy atom. The van der Waals surface area contributed by atoms with Crippen LogP contribution in [0.5, 0.6) is 0 Å². The lowest BCUT2D eigenvalue weighted by atomic mass is 10.3. The van der Waals surface area contributed by atoms with Crippen molar-refractivity contribution in [2.24, 2.45) is 10.2 Å². The van der Waals surface area contributed by atoms with Crippen LogP contribution in [-0.4, -0.2) is 18.2 Å². The van der Waals surface area contributed by atoms with E-state index in [4.69, 9.17) is 10.7 Å². The summed E-state index contributed by atoms with van der Waals surface area (Å²) in [7, 11) is 1.41. The second-order valence-electron chi connectivity index (χ2n) is 5.06. The number of hydrogen-bond donors (Lipinski definition) is 1. The Morgan fingerprint density at radius 1 is 1.04 bits per heavy atom. The van der Waals surface area contributed by atoms with Crippen LogP contribution < -0.4 is 5.56 Å². The van der Waals surface area contributed by atoms with Gasteiger partial charge in [-0.25, -0.2) is 13.1 Å². The Kier molecular flexibility index (Phi) is 4.71. The normalized spacial score (nSPS) is 11.5. The molecule has 0 unspecified atom stereocenters. The van der Waals surface area contributed by atoms with Crippen LogP contribution in [0.1, 0.15) is 5.69 Å². The van der Waals surface area contributed by atoms with Crippen LogP contribution in [0.25, 0.3) is 5.69 Å². The summed E-state index contributed by atoms with van der Waals surface area (Å²) < 4.78 is 23.6. The molecule has 0 aliphatic carbocycles. The Labute approximate surface area is 152 Å². The van der Waals surface area contributed by atoms with E-state index in [2.05, 4.69) is 15.3 Å². The Bertz CT molecular complexity index is 1170. The van der Waals surface area contributed by atoms with Gasteiger partial charge in [-0.05, 0) is 36.4 Å². The summed E-state index contributed by atoms with van der Waals surface area (Å²) in [4.78, 5) is 12.4. The molecule has 26 heavy (non-hydrogen) atoms. The molecule has 0 saturated carbocycles. The van der Waals surface area contributed by atoms with Gasteiger partial charge in [0.25, 0.3) is 14.6 Å². The molecule has 2 aromatic carbocycles. The van der Waals surface area contributed by atoms with Gasteiger partial charge in [0.15, 0.2) is 11.4 Å². The van der Waals surface area contributed by atoms with Gasteiger partial charge in [-0.15, -0.1) is 5.11 Å². The average molecular weight is 388 g/mol. The second kappa shape index (κ2) is 6.95. The summed E-state index contributed by atoms with van der Waals surface area (Å²) in [6, 6.07) is 15.9. The van der Waals surface area contributed by atoms with Crippen molar-refractivity contribution in [2.45, 2.75) is 4.90 Å². The van der Waals surface area contributed by atoms with E-state index in [-0.39, 0.29) is 16.3 Å². The highest BCUT2D eigenvalue weighted by atomic mass is 35.7. The molecule has 0 aliphatic rings. The molecule has 1 aromatic heterocycles. The van der Waals surface area contributed by atoms with Crippen LogP contribution in [0.3, 0.4) is 0 Å². The number of nitrogens with zero attached hydrogens (tertiary/aromatic N) is 4. The Morgan fingerprint density at radius 3 is 2.27 bits per heavy atom. The topological polar surface area (TPSA) is 120 Å². The molecule has 0 atom stereocenters. The van der Waals surface area contributed by atoms with Crippen LogP contribution in [0.4, 0.5) is 11.4 Å². The van der Waals surface area contributed by atoms with Gasteiger partial charge < -0.3 is 0 Å². The number of aromatic nitrogens is 2. The van der Waals surface area contributed by atoms with E-state index in [1.165, 1.54) is 28.9 Å². The summed E-state index contributed by atoms with van der Waals surface area (Å²) in [5, 5.41) is 19.6. The van der Waals surface area contributed by atoms with Crippen molar-refractivity contribution in [1.29, 1.82) is 5.26 Å². The molecular weight excluding hydrogens is 378 g/mol. The van der Waals surface area contributed by atoms with Crippen molar-refractivity contribution in [3.05, 3.63) is 70.6 Å². The first kappa shape index (κ1) is 17.6.